The standard InChI is InChI=1S/C27H40O5S/c1-2-3-4-5-6-7-13-21-31-25-19-16-20-26(27(25)24-17-11-10-12-18-24)32-22-14-8-9-15-23-33(28,29)30/h10-12,16-20H,2-9,13-15,21-23H2,1H3,(H,28,29,30). The van der Waals surface area contributed by atoms with Gasteiger partial charge in [-0.05, 0) is 37.0 Å². The fourth-order valence-corrected chi connectivity index (χ4v) is 4.37. The molecule has 0 unspecified atom stereocenters. The summed E-state index contributed by atoms with van der Waals surface area (Å²) in [7, 11) is -3.86. The summed E-state index contributed by atoms with van der Waals surface area (Å²) in [4.78, 5) is 0. The van der Waals surface area contributed by atoms with E-state index in [1.807, 2.05) is 36.4 Å². The molecule has 5 nitrogen and oxygen atoms in total. The highest BCUT2D eigenvalue weighted by Crippen LogP contribution is 2.38. The third-order valence-electron chi connectivity index (χ3n) is 5.61. The summed E-state index contributed by atoms with van der Waals surface area (Å²) in [5.74, 6) is 1.47. The molecule has 0 spiro atoms. The van der Waals surface area contributed by atoms with Gasteiger partial charge >= 0.3 is 0 Å². The monoisotopic (exact) mass is 476 g/mol. The third kappa shape index (κ3) is 11.6. The molecule has 0 fully saturated rings. The van der Waals surface area contributed by atoms with Gasteiger partial charge < -0.3 is 9.47 Å². The lowest BCUT2D eigenvalue weighted by atomic mass is 10.0. The van der Waals surface area contributed by atoms with E-state index in [0.717, 1.165) is 48.3 Å². The quantitative estimate of drug-likeness (QED) is 0.180. The molecular formula is C27H40O5S. The molecule has 0 aromatic heterocycles. The Bertz CT molecular complexity index is 881. The molecule has 0 saturated heterocycles. The molecule has 33 heavy (non-hydrogen) atoms. The van der Waals surface area contributed by atoms with Crippen molar-refractivity contribution in [2.75, 3.05) is 19.0 Å². The van der Waals surface area contributed by atoms with Gasteiger partial charge in [-0.2, -0.15) is 8.42 Å². The lowest BCUT2D eigenvalue weighted by Gasteiger charge is -2.17. The maximum atomic E-state index is 10.8. The minimum atomic E-state index is -3.86. The number of hydrogen-bond acceptors (Lipinski definition) is 4. The van der Waals surface area contributed by atoms with Crippen LogP contribution in [0.4, 0.5) is 0 Å². The van der Waals surface area contributed by atoms with Crippen molar-refractivity contribution in [3.05, 3.63) is 48.5 Å². The highest BCUT2D eigenvalue weighted by molar-refractivity contribution is 7.85. The molecule has 0 radical (unpaired) electrons. The van der Waals surface area contributed by atoms with Crippen LogP contribution < -0.4 is 9.47 Å². The van der Waals surface area contributed by atoms with E-state index in [4.69, 9.17) is 14.0 Å². The first-order valence-corrected chi connectivity index (χ1v) is 14.0. The van der Waals surface area contributed by atoms with E-state index in [1.165, 1.54) is 38.5 Å². The predicted octanol–water partition coefficient (Wildman–Crippen LogP) is 7.31. The zero-order valence-corrected chi connectivity index (χ0v) is 20.8. The van der Waals surface area contributed by atoms with Crippen molar-refractivity contribution in [1.82, 2.24) is 0 Å². The molecule has 1 N–H and O–H groups in total. The Kier molecular flexibility index (Phi) is 13.0. The van der Waals surface area contributed by atoms with Crippen molar-refractivity contribution in [2.45, 2.75) is 77.6 Å². The molecule has 0 aliphatic heterocycles. The molecule has 0 bridgehead atoms. The van der Waals surface area contributed by atoms with Crippen molar-refractivity contribution in [2.24, 2.45) is 0 Å². The van der Waals surface area contributed by atoms with Crippen LogP contribution in [-0.2, 0) is 10.1 Å². The first-order valence-electron chi connectivity index (χ1n) is 12.4. The number of rotatable bonds is 18. The minimum Gasteiger partial charge on any atom is -0.493 e. The van der Waals surface area contributed by atoms with E-state index in [9.17, 15) is 8.42 Å². The Balaban J connectivity index is 1.88. The molecule has 184 valence electrons. The number of unbranched alkanes of at least 4 members (excludes halogenated alkanes) is 9. The largest absolute Gasteiger partial charge is 0.493 e. The summed E-state index contributed by atoms with van der Waals surface area (Å²) < 4.78 is 42.7. The average molecular weight is 477 g/mol. The van der Waals surface area contributed by atoms with Crippen LogP contribution in [0.25, 0.3) is 11.1 Å². The van der Waals surface area contributed by atoms with Crippen LogP contribution in [0.1, 0.15) is 77.6 Å². The van der Waals surface area contributed by atoms with Gasteiger partial charge in [0.1, 0.15) is 11.5 Å². The maximum Gasteiger partial charge on any atom is 0.264 e. The Morgan fingerprint density at radius 1 is 0.667 bits per heavy atom. The van der Waals surface area contributed by atoms with Crippen molar-refractivity contribution < 1.29 is 22.4 Å². The van der Waals surface area contributed by atoms with Gasteiger partial charge in [0, 0.05) is 0 Å². The summed E-state index contributed by atoms with van der Waals surface area (Å²) in [5, 5.41) is 0. The van der Waals surface area contributed by atoms with E-state index < -0.39 is 10.1 Å². The normalized spacial score (nSPS) is 11.5. The van der Waals surface area contributed by atoms with Gasteiger partial charge in [0.25, 0.3) is 10.1 Å². The Hall–Kier alpha value is -2.05. The van der Waals surface area contributed by atoms with Crippen LogP contribution in [0.5, 0.6) is 11.5 Å². The molecule has 0 heterocycles. The first kappa shape index (κ1) is 27.2. The minimum absolute atomic E-state index is 0.176. The van der Waals surface area contributed by atoms with Crippen LogP contribution in [0.2, 0.25) is 0 Å². The van der Waals surface area contributed by atoms with Gasteiger partial charge in [-0.1, -0.05) is 94.7 Å². The second-order valence-corrected chi connectivity index (χ2v) is 10.1. The van der Waals surface area contributed by atoms with Gasteiger partial charge in [-0.25, -0.2) is 0 Å². The lowest BCUT2D eigenvalue weighted by Crippen LogP contribution is -2.04. The van der Waals surface area contributed by atoms with E-state index in [-0.39, 0.29) is 5.75 Å². The highest BCUT2D eigenvalue weighted by atomic mass is 32.2. The number of hydrogen-bond donors (Lipinski definition) is 1. The Morgan fingerprint density at radius 3 is 1.73 bits per heavy atom. The number of ether oxygens (including phenoxy) is 2. The predicted molar refractivity (Wildman–Crippen MR) is 136 cm³/mol. The van der Waals surface area contributed by atoms with Crippen molar-refractivity contribution in [3.63, 3.8) is 0 Å². The fourth-order valence-electron chi connectivity index (χ4n) is 3.80. The molecule has 0 aliphatic carbocycles. The summed E-state index contributed by atoms with van der Waals surface area (Å²) in [6.45, 7) is 3.49. The fraction of sp³-hybridized carbons (Fsp3) is 0.556. The lowest BCUT2D eigenvalue weighted by molar-refractivity contribution is 0.292. The molecule has 2 rings (SSSR count). The summed E-state index contributed by atoms with van der Waals surface area (Å²) in [6, 6.07) is 16.1. The van der Waals surface area contributed by atoms with Crippen molar-refractivity contribution >= 4 is 10.1 Å². The number of benzene rings is 2. The van der Waals surface area contributed by atoms with E-state index in [0.29, 0.717) is 19.6 Å². The van der Waals surface area contributed by atoms with Crippen LogP contribution in [0.3, 0.4) is 0 Å². The SMILES string of the molecule is CCCCCCCCCOc1cccc(OCCCCCCS(=O)(=O)O)c1-c1ccccc1. The van der Waals surface area contributed by atoms with E-state index >= 15 is 0 Å². The summed E-state index contributed by atoms with van der Waals surface area (Å²) >= 11 is 0. The summed E-state index contributed by atoms with van der Waals surface area (Å²) in [5.41, 5.74) is 2.04. The highest BCUT2D eigenvalue weighted by Gasteiger charge is 2.13. The summed E-state index contributed by atoms with van der Waals surface area (Å²) in [6.07, 6.45) is 11.6. The zero-order valence-electron chi connectivity index (χ0n) is 20.0. The molecule has 0 amide bonds. The smallest absolute Gasteiger partial charge is 0.264 e. The second kappa shape index (κ2) is 15.7. The van der Waals surface area contributed by atoms with Crippen molar-refractivity contribution in [3.8, 4) is 22.6 Å². The topological polar surface area (TPSA) is 72.8 Å². The van der Waals surface area contributed by atoms with Crippen LogP contribution >= 0.6 is 0 Å². The van der Waals surface area contributed by atoms with Gasteiger partial charge in [0.05, 0.1) is 24.5 Å². The van der Waals surface area contributed by atoms with E-state index in [1.54, 1.807) is 0 Å². The first-order chi connectivity index (χ1) is 16.0. The Labute approximate surface area is 200 Å². The van der Waals surface area contributed by atoms with Crippen LogP contribution in [-0.4, -0.2) is 31.9 Å². The molecule has 0 aliphatic rings. The zero-order chi connectivity index (χ0) is 23.8. The molecule has 0 saturated carbocycles. The van der Waals surface area contributed by atoms with Crippen molar-refractivity contribution in [1.29, 1.82) is 0 Å². The van der Waals surface area contributed by atoms with Gasteiger partial charge in [0.15, 0.2) is 0 Å². The van der Waals surface area contributed by atoms with Gasteiger partial charge in [-0.15, -0.1) is 0 Å². The third-order valence-corrected chi connectivity index (χ3v) is 6.41. The molecule has 2 aromatic rings. The van der Waals surface area contributed by atoms with Crippen LogP contribution in [0.15, 0.2) is 48.5 Å². The van der Waals surface area contributed by atoms with E-state index in [2.05, 4.69) is 19.1 Å². The van der Waals surface area contributed by atoms with Gasteiger partial charge in [0.2, 0.25) is 0 Å². The molecule has 6 heteroatoms. The van der Waals surface area contributed by atoms with Crippen LogP contribution in [0, 0.1) is 0 Å². The molecule has 0 atom stereocenters. The molecule has 2 aromatic carbocycles. The Morgan fingerprint density at radius 2 is 1.18 bits per heavy atom. The maximum absolute atomic E-state index is 10.8. The average Bonchev–Trinajstić information content (AvgIpc) is 2.80. The molecular weight excluding hydrogens is 436 g/mol. The second-order valence-electron chi connectivity index (χ2n) is 8.51. The van der Waals surface area contributed by atoms with Gasteiger partial charge in [-0.3, -0.25) is 4.55 Å².